The molecule has 38 valence electrons. The second-order valence-electron chi connectivity index (χ2n) is 0.921. The molecule has 0 radical (unpaired) electrons. The molecule has 2 nitrogen and oxygen atoms in total. The molecular weight excluding hydrogens is 112 g/mol. The molecule has 0 aliphatic carbocycles. The Morgan fingerprint density at radius 1 is 1.83 bits per heavy atom. The van der Waals surface area contributed by atoms with E-state index in [1.165, 1.54) is 0 Å². The van der Waals surface area contributed by atoms with E-state index in [1.807, 2.05) is 6.92 Å². The number of rotatable bonds is 3. The minimum absolute atomic E-state index is 0.384. The molecule has 0 aromatic rings. The smallest absolute Gasteiger partial charge is 0.174 e. The van der Waals surface area contributed by atoms with Crippen LogP contribution in [0.1, 0.15) is 6.92 Å². The molecule has 0 bridgehead atoms. The van der Waals surface area contributed by atoms with Gasteiger partial charge in [-0.1, -0.05) is 0 Å². The zero-order valence-corrected chi connectivity index (χ0v) is 6.81. The molecule has 0 fully saturated rings. The molecule has 0 aliphatic heterocycles. The van der Waals surface area contributed by atoms with Crippen LogP contribution >= 0.6 is 0 Å². The lowest BCUT2D eigenvalue weighted by Crippen LogP contribution is -2.06. The summed E-state index contributed by atoms with van der Waals surface area (Å²) in [4.78, 5) is 8.27. The van der Waals surface area contributed by atoms with Crippen molar-refractivity contribution in [2.75, 3.05) is 6.61 Å². The van der Waals surface area contributed by atoms with E-state index in [0.717, 1.165) is 6.61 Å². The quantitative estimate of drug-likeness (QED) is 0.350. The second kappa shape index (κ2) is 5.35. The van der Waals surface area contributed by atoms with Gasteiger partial charge in [-0.2, -0.15) is 0 Å². The van der Waals surface area contributed by atoms with E-state index < -0.39 is 9.28 Å². The third-order valence-corrected chi connectivity index (χ3v) is 2.73. The first-order valence-electron chi connectivity index (χ1n) is 2.10. The van der Waals surface area contributed by atoms with Crippen LogP contribution in [0.2, 0.25) is 0 Å². The number of hydrogen-bond acceptors (Lipinski definition) is 2. The van der Waals surface area contributed by atoms with Crippen molar-refractivity contribution in [1.29, 1.82) is 0 Å². The zero-order chi connectivity index (χ0) is 4.83. The summed E-state index contributed by atoms with van der Waals surface area (Å²) in [5.74, 6) is 0. The minimum atomic E-state index is -0.680. The summed E-state index contributed by atoms with van der Waals surface area (Å²) < 4.78 is 4.93. The van der Waals surface area contributed by atoms with Crippen molar-refractivity contribution in [2.24, 2.45) is 0 Å². The third-order valence-electron chi connectivity index (χ3n) is 0.440. The highest BCUT2D eigenvalue weighted by atomic mass is 29.2. The first-order valence-corrected chi connectivity index (χ1v) is 7.31. The first kappa shape index (κ1) is 6.35. The lowest BCUT2D eigenvalue weighted by molar-refractivity contribution is 0.367. The largest absolute Gasteiger partial charge is 0.439 e. The van der Waals surface area contributed by atoms with Crippen LogP contribution in [0.15, 0.2) is 0 Å². The normalized spacial score (nSPS) is 13.0. The molecule has 0 unspecified atom stereocenters. The van der Waals surface area contributed by atoms with Gasteiger partial charge in [-0.25, -0.2) is 0 Å². The number of hydrogen-bond donors (Lipinski definition) is 1. The fourth-order valence-corrected chi connectivity index (χ4v) is 1.88. The van der Waals surface area contributed by atoms with Gasteiger partial charge in [-0.15, -0.1) is 0 Å². The molecule has 0 heterocycles. The van der Waals surface area contributed by atoms with Gasteiger partial charge in [0.05, 0.1) is 0 Å². The van der Waals surface area contributed by atoms with E-state index in [1.54, 1.807) is 0 Å². The predicted molar refractivity (Wildman–Crippen MR) is 30.9 cm³/mol. The standard InChI is InChI=1S/C2H10O2Si2/c1-2-4-6-5-3/h3H,2,5-6H2,1H3. The molecule has 1 N–H and O–H groups in total. The maximum atomic E-state index is 8.27. The summed E-state index contributed by atoms with van der Waals surface area (Å²) in [7, 11) is -1.06. The molecule has 0 aliphatic rings. The second-order valence-corrected chi connectivity index (χ2v) is 4.75. The summed E-state index contributed by atoms with van der Waals surface area (Å²) in [6.45, 7) is 2.75. The van der Waals surface area contributed by atoms with Crippen molar-refractivity contribution >= 4 is 18.6 Å². The van der Waals surface area contributed by atoms with Gasteiger partial charge < -0.3 is 9.22 Å². The monoisotopic (exact) mass is 122 g/mol. The van der Waals surface area contributed by atoms with Crippen molar-refractivity contribution < 1.29 is 9.22 Å². The summed E-state index contributed by atoms with van der Waals surface area (Å²) >= 11 is 0. The fraction of sp³-hybridized carbons (Fsp3) is 1.00. The van der Waals surface area contributed by atoms with E-state index in [4.69, 9.17) is 9.22 Å². The van der Waals surface area contributed by atoms with Crippen molar-refractivity contribution in [3.63, 3.8) is 0 Å². The topological polar surface area (TPSA) is 29.5 Å². The molecular formula is C2H10O2Si2. The van der Waals surface area contributed by atoms with Crippen molar-refractivity contribution in [2.45, 2.75) is 6.92 Å². The maximum absolute atomic E-state index is 8.27. The van der Waals surface area contributed by atoms with Crippen LogP contribution in [-0.4, -0.2) is 30.0 Å². The van der Waals surface area contributed by atoms with Crippen LogP contribution in [0, 0.1) is 0 Å². The van der Waals surface area contributed by atoms with Gasteiger partial charge in [0.15, 0.2) is 18.6 Å². The predicted octanol–water partition coefficient (Wildman–Crippen LogP) is -1.90. The lowest BCUT2D eigenvalue weighted by atomic mass is 10.9. The van der Waals surface area contributed by atoms with Gasteiger partial charge in [0.25, 0.3) is 0 Å². The zero-order valence-electron chi connectivity index (χ0n) is 3.98. The lowest BCUT2D eigenvalue weighted by Gasteiger charge is -1.89. The average molecular weight is 122 g/mol. The van der Waals surface area contributed by atoms with Crippen LogP contribution in [0.25, 0.3) is 0 Å². The van der Waals surface area contributed by atoms with Crippen LogP contribution < -0.4 is 0 Å². The Morgan fingerprint density at radius 3 is 2.67 bits per heavy atom. The van der Waals surface area contributed by atoms with E-state index in [0.29, 0.717) is 0 Å². The minimum Gasteiger partial charge on any atom is -0.439 e. The van der Waals surface area contributed by atoms with E-state index >= 15 is 0 Å². The van der Waals surface area contributed by atoms with Crippen molar-refractivity contribution in [1.82, 2.24) is 0 Å². The average Bonchev–Trinajstić information content (AvgIpc) is 1.61. The molecule has 0 atom stereocenters. The summed E-state index contributed by atoms with van der Waals surface area (Å²) in [6, 6.07) is 0. The van der Waals surface area contributed by atoms with Crippen LogP contribution in [-0.2, 0) is 4.43 Å². The van der Waals surface area contributed by atoms with Gasteiger partial charge in [0.2, 0.25) is 0 Å². The molecule has 0 aromatic heterocycles. The molecule has 0 rings (SSSR count). The van der Waals surface area contributed by atoms with Gasteiger partial charge in [0, 0.05) is 6.61 Å². The SMILES string of the molecule is CCO[SiH2][SiH2]O. The maximum Gasteiger partial charge on any atom is 0.174 e. The molecule has 0 saturated heterocycles. The van der Waals surface area contributed by atoms with Gasteiger partial charge in [0.1, 0.15) is 0 Å². The van der Waals surface area contributed by atoms with E-state index in [2.05, 4.69) is 0 Å². The highest BCUT2D eigenvalue weighted by molar-refractivity contribution is 6.93. The highest BCUT2D eigenvalue weighted by Crippen LogP contribution is 1.60. The summed E-state index contributed by atoms with van der Waals surface area (Å²) in [6.07, 6.45) is 0. The molecule has 0 aromatic carbocycles. The Kier molecular flexibility index (Phi) is 5.67. The highest BCUT2D eigenvalue weighted by Gasteiger charge is 1.78. The Balaban J connectivity index is 2.34. The third kappa shape index (κ3) is 4.35. The molecule has 6 heavy (non-hydrogen) atoms. The summed E-state index contributed by atoms with van der Waals surface area (Å²) in [5.41, 5.74) is 0. The Bertz CT molecular complexity index is 21.5. The van der Waals surface area contributed by atoms with Gasteiger partial charge in [-0.3, -0.25) is 0 Å². The first-order chi connectivity index (χ1) is 2.91. The molecule has 0 amide bonds. The van der Waals surface area contributed by atoms with Crippen LogP contribution in [0.5, 0.6) is 0 Å². The fourth-order valence-electron chi connectivity index (χ4n) is 0.209. The summed E-state index contributed by atoms with van der Waals surface area (Å²) in [5, 5.41) is 0. The molecule has 0 saturated carbocycles. The van der Waals surface area contributed by atoms with Gasteiger partial charge >= 0.3 is 0 Å². The van der Waals surface area contributed by atoms with Crippen molar-refractivity contribution in [3.05, 3.63) is 0 Å². The van der Waals surface area contributed by atoms with Crippen LogP contribution in [0.3, 0.4) is 0 Å². The molecule has 4 heteroatoms. The Hall–Kier alpha value is 0.354. The van der Waals surface area contributed by atoms with Gasteiger partial charge in [-0.05, 0) is 6.92 Å². The Labute approximate surface area is 42.2 Å². The molecule has 0 spiro atoms. The van der Waals surface area contributed by atoms with E-state index in [-0.39, 0.29) is 9.28 Å². The van der Waals surface area contributed by atoms with E-state index in [9.17, 15) is 0 Å². The Morgan fingerprint density at radius 2 is 2.50 bits per heavy atom. The van der Waals surface area contributed by atoms with Crippen molar-refractivity contribution in [3.8, 4) is 0 Å². The van der Waals surface area contributed by atoms with Crippen LogP contribution in [0.4, 0.5) is 0 Å².